The first-order chi connectivity index (χ1) is 15.7. The fourth-order valence-corrected chi connectivity index (χ4v) is 4.64. The maximum absolute atomic E-state index is 5.86. The molecule has 5 rings (SSSR count). The van der Waals surface area contributed by atoms with E-state index < -0.39 is 0 Å². The summed E-state index contributed by atoms with van der Waals surface area (Å²) in [5.41, 5.74) is 5.72. The Morgan fingerprint density at radius 3 is 2.75 bits per heavy atom. The van der Waals surface area contributed by atoms with Crippen molar-refractivity contribution in [1.29, 1.82) is 0 Å². The lowest BCUT2D eigenvalue weighted by atomic mass is 10.0. The molecule has 0 N–H and O–H groups in total. The average molecular weight is 433 g/mol. The van der Waals surface area contributed by atoms with Crippen molar-refractivity contribution < 1.29 is 4.74 Å². The van der Waals surface area contributed by atoms with Gasteiger partial charge in [-0.3, -0.25) is 9.88 Å². The summed E-state index contributed by atoms with van der Waals surface area (Å²) in [6.45, 7) is 8.82. The van der Waals surface area contributed by atoms with Crippen LogP contribution < -0.4 is 4.90 Å². The van der Waals surface area contributed by atoms with Gasteiger partial charge < -0.3 is 9.64 Å². The quantitative estimate of drug-likeness (QED) is 0.594. The maximum Gasteiger partial charge on any atom is 0.113 e. The summed E-state index contributed by atoms with van der Waals surface area (Å²) >= 11 is 0. The van der Waals surface area contributed by atoms with Crippen LogP contribution >= 0.6 is 0 Å². The molecule has 2 aliphatic rings. The Balaban J connectivity index is 1.23. The number of hydrogen-bond acceptors (Lipinski definition) is 6. The molecule has 168 valence electrons. The molecule has 2 saturated heterocycles. The molecule has 3 aromatic rings. The zero-order valence-corrected chi connectivity index (χ0v) is 18.9. The zero-order valence-electron chi connectivity index (χ0n) is 18.9. The normalized spacial score (nSPS) is 19.9. The van der Waals surface area contributed by atoms with Gasteiger partial charge in [0.05, 0.1) is 24.5 Å². The first kappa shape index (κ1) is 21.1. The summed E-state index contributed by atoms with van der Waals surface area (Å²) in [4.78, 5) is 9.42. The third kappa shape index (κ3) is 5.00. The second-order valence-corrected chi connectivity index (χ2v) is 8.90. The summed E-state index contributed by atoms with van der Waals surface area (Å²) in [6, 6.07) is 12.8. The fraction of sp³-hybridized carbons (Fsp3) is 0.480. The van der Waals surface area contributed by atoms with Gasteiger partial charge in [0.25, 0.3) is 0 Å². The third-order valence-electron chi connectivity index (χ3n) is 6.55. The SMILES string of the molecule is Cc1ccc(N2CCN(Cc3ccccn3)CC2)cc1-c1cn(CC2CCCCO2)nn1. The Labute approximate surface area is 190 Å². The van der Waals surface area contributed by atoms with Crippen LogP contribution in [0.15, 0.2) is 48.8 Å². The molecule has 0 radical (unpaired) electrons. The van der Waals surface area contributed by atoms with Crippen LogP contribution in [0.1, 0.15) is 30.5 Å². The van der Waals surface area contributed by atoms with E-state index in [2.05, 4.69) is 68.5 Å². The Kier molecular flexibility index (Phi) is 6.46. The lowest BCUT2D eigenvalue weighted by Gasteiger charge is -2.36. The van der Waals surface area contributed by atoms with E-state index in [0.717, 1.165) is 69.2 Å². The van der Waals surface area contributed by atoms with Gasteiger partial charge in [0.2, 0.25) is 0 Å². The summed E-state index contributed by atoms with van der Waals surface area (Å²) < 4.78 is 7.80. The molecule has 2 aliphatic heterocycles. The van der Waals surface area contributed by atoms with Crippen LogP contribution in [0.3, 0.4) is 0 Å². The number of pyridine rings is 1. The monoisotopic (exact) mass is 432 g/mol. The molecule has 0 saturated carbocycles. The van der Waals surface area contributed by atoms with Crippen molar-refractivity contribution >= 4 is 5.69 Å². The molecule has 0 aliphatic carbocycles. The standard InChI is InChI=1S/C25H32N6O/c1-20-8-9-22(30-13-11-29(12-14-30)17-21-6-2-4-10-26-21)16-24(20)25-19-31(28-27-25)18-23-7-3-5-15-32-23/h2,4,6,8-10,16,19,23H,3,5,7,11-15,17-18H2,1H3. The van der Waals surface area contributed by atoms with Crippen LogP contribution in [0.25, 0.3) is 11.3 Å². The van der Waals surface area contributed by atoms with Gasteiger partial charge in [-0.1, -0.05) is 17.3 Å². The topological polar surface area (TPSA) is 59.3 Å². The van der Waals surface area contributed by atoms with Crippen LogP contribution in [0.5, 0.6) is 0 Å². The van der Waals surface area contributed by atoms with Gasteiger partial charge >= 0.3 is 0 Å². The number of nitrogens with zero attached hydrogens (tertiary/aromatic N) is 6. The maximum atomic E-state index is 5.86. The number of benzene rings is 1. The minimum Gasteiger partial charge on any atom is -0.376 e. The van der Waals surface area contributed by atoms with Gasteiger partial charge in [-0.25, -0.2) is 4.68 Å². The van der Waals surface area contributed by atoms with Gasteiger partial charge in [0.1, 0.15) is 5.69 Å². The van der Waals surface area contributed by atoms with Crippen molar-refractivity contribution in [3.8, 4) is 11.3 Å². The molecule has 0 bridgehead atoms. The van der Waals surface area contributed by atoms with Crippen molar-refractivity contribution in [3.63, 3.8) is 0 Å². The molecule has 1 unspecified atom stereocenters. The summed E-state index contributed by atoms with van der Waals surface area (Å²) in [5.74, 6) is 0. The number of aryl methyl sites for hydroxylation is 1. The van der Waals surface area contributed by atoms with Crippen molar-refractivity contribution in [2.75, 3.05) is 37.7 Å². The first-order valence-electron chi connectivity index (χ1n) is 11.7. The predicted molar refractivity (Wildman–Crippen MR) is 126 cm³/mol. The Hall–Kier alpha value is -2.77. The minimum atomic E-state index is 0.258. The number of aromatic nitrogens is 4. The highest BCUT2D eigenvalue weighted by Crippen LogP contribution is 2.28. The highest BCUT2D eigenvalue weighted by Gasteiger charge is 2.20. The molecule has 7 heteroatoms. The van der Waals surface area contributed by atoms with Gasteiger partial charge in [-0.15, -0.1) is 5.10 Å². The van der Waals surface area contributed by atoms with E-state index in [1.54, 1.807) is 0 Å². The first-order valence-corrected chi connectivity index (χ1v) is 11.7. The van der Waals surface area contributed by atoms with E-state index in [0.29, 0.717) is 0 Å². The summed E-state index contributed by atoms with van der Waals surface area (Å²) in [5, 5.41) is 8.86. The lowest BCUT2D eigenvalue weighted by Crippen LogP contribution is -2.46. The van der Waals surface area contributed by atoms with Crippen molar-refractivity contribution in [2.24, 2.45) is 0 Å². The number of ether oxygens (including phenoxy) is 1. The van der Waals surface area contributed by atoms with Crippen molar-refractivity contribution in [3.05, 3.63) is 60.0 Å². The highest BCUT2D eigenvalue weighted by atomic mass is 16.5. The molecule has 1 aromatic carbocycles. The van der Waals surface area contributed by atoms with E-state index in [1.807, 2.05) is 16.9 Å². The fourth-order valence-electron chi connectivity index (χ4n) is 4.64. The molecular weight excluding hydrogens is 400 g/mol. The Morgan fingerprint density at radius 2 is 1.97 bits per heavy atom. The lowest BCUT2D eigenvalue weighted by molar-refractivity contribution is 0.00370. The van der Waals surface area contributed by atoms with E-state index in [-0.39, 0.29) is 6.10 Å². The van der Waals surface area contributed by atoms with Crippen molar-refractivity contribution in [2.45, 2.75) is 45.4 Å². The number of rotatable bonds is 6. The Morgan fingerprint density at radius 1 is 1.06 bits per heavy atom. The smallest absolute Gasteiger partial charge is 0.113 e. The number of piperazine rings is 1. The van der Waals surface area contributed by atoms with Crippen molar-refractivity contribution in [1.82, 2.24) is 24.9 Å². The molecule has 0 spiro atoms. The largest absolute Gasteiger partial charge is 0.376 e. The number of hydrogen-bond donors (Lipinski definition) is 0. The Bertz CT molecular complexity index is 1010. The van der Waals surface area contributed by atoms with Crippen LogP contribution in [0, 0.1) is 6.92 Å². The number of anilines is 1. The van der Waals surface area contributed by atoms with Gasteiger partial charge in [0, 0.05) is 56.8 Å². The molecule has 0 amide bonds. The second kappa shape index (κ2) is 9.79. The van der Waals surface area contributed by atoms with Gasteiger partial charge in [-0.05, 0) is 56.0 Å². The predicted octanol–water partition coefficient (Wildman–Crippen LogP) is 3.54. The summed E-state index contributed by atoms with van der Waals surface area (Å²) in [7, 11) is 0. The summed E-state index contributed by atoms with van der Waals surface area (Å²) in [6.07, 6.45) is 7.71. The second-order valence-electron chi connectivity index (χ2n) is 8.90. The molecule has 1 atom stereocenters. The van der Waals surface area contributed by atoms with Gasteiger partial charge in [0.15, 0.2) is 0 Å². The van der Waals surface area contributed by atoms with Crippen LogP contribution in [0.2, 0.25) is 0 Å². The minimum absolute atomic E-state index is 0.258. The zero-order chi connectivity index (χ0) is 21.8. The van der Waals surface area contributed by atoms with Crippen LogP contribution in [0.4, 0.5) is 5.69 Å². The van der Waals surface area contributed by atoms with Crippen LogP contribution in [-0.2, 0) is 17.8 Å². The highest BCUT2D eigenvalue weighted by molar-refractivity contribution is 5.68. The molecule has 7 nitrogen and oxygen atoms in total. The molecular formula is C25H32N6O. The molecule has 32 heavy (non-hydrogen) atoms. The molecule has 2 fully saturated rings. The van der Waals surface area contributed by atoms with E-state index >= 15 is 0 Å². The average Bonchev–Trinajstić information content (AvgIpc) is 3.29. The van der Waals surface area contributed by atoms with Gasteiger partial charge in [-0.2, -0.15) is 0 Å². The third-order valence-corrected chi connectivity index (χ3v) is 6.55. The van der Waals surface area contributed by atoms with E-state index in [9.17, 15) is 0 Å². The van der Waals surface area contributed by atoms with E-state index in [1.165, 1.54) is 24.1 Å². The van der Waals surface area contributed by atoms with E-state index in [4.69, 9.17) is 4.74 Å². The van der Waals surface area contributed by atoms with Crippen LogP contribution in [-0.4, -0.2) is 63.8 Å². The molecule has 2 aromatic heterocycles. The molecule has 4 heterocycles.